The molecule has 2 amide bonds. The molecule has 7 heteroatoms. The predicted molar refractivity (Wildman–Crippen MR) is 119 cm³/mol. The summed E-state index contributed by atoms with van der Waals surface area (Å²) in [4.78, 5) is 25.7. The van der Waals surface area contributed by atoms with Crippen LogP contribution in [0.5, 0.6) is 5.75 Å². The summed E-state index contributed by atoms with van der Waals surface area (Å²) in [6.07, 6.45) is 2.40. The number of aromatic nitrogens is 1. The quantitative estimate of drug-likeness (QED) is 0.539. The first-order valence-electron chi connectivity index (χ1n) is 10.8. The summed E-state index contributed by atoms with van der Waals surface area (Å²) < 4.78 is 11.0. The number of rotatable bonds is 9. The molecule has 1 unspecified atom stereocenters. The van der Waals surface area contributed by atoms with Crippen molar-refractivity contribution in [2.24, 2.45) is 0 Å². The van der Waals surface area contributed by atoms with E-state index < -0.39 is 6.04 Å². The van der Waals surface area contributed by atoms with Crippen LogP contribution in [-0.2, 0) is 17.8 Å². The largest absolute Gasteiger partial charge is 0.489 e. The van der Waals surface area contributed by atoms with Crippen LogP contribution in [0.3, 0.4) is 0 Å². The van der Waals surface area contributed by atoms with Crippen molar-refractivity contribution in [3.8, 4) is 5.75 Å². The van der Waals surface area contributed by atoms with Crippen molar-refractivity contribution in [1.29, 1.82) is 0 Å². The van der Waals surface area contributed by atoms with Crippen molar-refractivity contribution >= 4 is 11.8 Å². The van der Waals surface area contributed by atoms with Crippen LogP contribution in [0.1, 0.15) is 45.8 Å². The molecule has 0 saturated heterocycles. The SMILES string of the molecule is Cc1noc(C)c1COc1cccc(C(=O)NC(Cc2ccccc2)C(=O)NC2CC2)c1. The monoisotopic (exact) mass is 433 g/mol. The number of benzene rings is 2. The topological polar surface area (TPSA) is 93.5 Å². The van der Waals surface area contributed by atoms with E-state index in [1.165, 1.54) is 0 Å². The molecular formula is C25H27N3O4. The highest BCUT2D eigenvalue weighted by Crippen LogP contribution is 2.20. The number of nitrogens with zero attached hydrogens (tertiary/aromatic N) is 1. The molecule has 0 radical (unpaired) electrons. The molecule has 1 saturated carbocycles. The van der Waals surface area contributed by atoms with Crippen LogP contribution in [0.4, 0.5) is 0 Å². The average molecular weight is 434 g/mol. The Hall–Kier alpha value is -3.61. The molecule has 1 aromatic heterocycles. The first-order chi connectivity index (χ1) is 15.5. The zero-order valence-corrected chi connectivity index (χ0v) is 18.3. The van der Waals surface area contributed by atoms with Gasteiger partial charge in [0.05, 0.1) is 11.3 Å². The van der Waals surface area contributed by atoms with Gasteiger partial charge in [-0.15, -0.1) is 0 Å². The summed E-state index contributed by atoms with van der Waals surface area (Å²) in [5.74, 6) is 0.789. The number of amides is 2. The van der Waals surface area contributed by atoms with Gasteiger partial charge in [0, 0.05) is 18.0 Å². The van der Waals surface area contributed by atoms with Gasteiger partial charge in [0.15, 0.2) is 0 Å². The van der Waals surface area contributed by atoms with Crippen molar-refractivity contribution < 1.29 is 18.8 Å². The average Bonchev–Trinajstić information content (AvgIpc) is 3.56. The van der Waals surface area contributed by atoms with Gasteiger partial charge in [-0.2, -0.15) is 0 Å². The Morgan fingerprint density at radius 3 is 2.59 bits per heavy atom. The first kappa shape index (κ1) is 21.6. The number of carbonyl (C=O) groups is 2. The molecule has 1 atom stereocenters. The standard InChI is InChI=1S/C25H27N3O4/c1-16-22(17(2)32-28-16)15-31-21-10-6-9-19(14-21)24(29)27-23(25(30)26-20-11-12-20)13-18-7-4-3-5-8-18/h3-10,14,20,23H,11-13,15H2,1-2H3,(H,26,30)(H,27,29). The van der Waals surface area contributed by atoms with Crippen LogP contribution in [0.15, 0.2) is 59.1 Å². The van der Waals surface area contributed by atoms with Gasteiger partial charge in [-0.05, 0) is 50.5 Å². The molecular weight excluding hydrogens is 406 g/mol. The molecule has 32 heavy (non-hydrogen) atoms. The van der Waals surface area contributed by atoms with E-state index in [-0.39, 0.29) is 17.9 Å². The molecule has 1 aliphatic rings. The Labute approximate surface area is 187 Å². The minimum atomic E-state index is -0.655. The van der Waals surface area contributed by atoms with Gasteiger partial charge in [0.2, 0.25) is 5.91 Å². The third-order valence-corrected chi connectivity index (χ3v) is 5.49. The molecule has 0 aliphatic heterocycles. The number of carbonyl (C=O) groups excluding carboxylic acids is 2. The van der Waals surface area contributed by atoms with Gasteiger partial charge in [-0.3, -0.25) is 9.59 Å². The lowest BCUT2D eigenvalue weighted by molar-refractivity contribution is -0.123. The van der Waals surface area contributed by atoms with Gasteiger partial charge in [-0.1, -0.05) is 41.6 Å². The lowest BCUT2D eigenvalue weighted by atomic mass is 10.0. The summed E-state index contributed by atoms with van der Waals surface area (Å²) in [7, 11) is 0. The van der Waals surface area contributed by atoms with Crippen molar-refractivity contribution in [3.05, 3.63) is 82.7 Å². The number of hydrogen-bond acceptors (Lipinski definition) is 5. The number of aryl methyl sites for hydroxylation is 2. The van der Waals surface area contributed by atoms with Crippen LogP contribution in [-0.4, -0.2) is 29.1 Å². The van der Waals surface area contributed by atoms with Crippen molar-refractivity contribution in [2.75, 3.05) is 0 Å². The van der Waals surface area contributed by atoms with E-state index in [1.807, 2.05) is 44.2 Å². The van der Waals surface area contributed by atoms with E-state index >= 15 is 0 Å². The Kier molecular flexibility index (Phi) is 6.54. The zero-order chi connectivity index (χ0) is 22.5. The van der Waals surface area contributed by atoms with Crippen molar-refractivity contribution in [3.63, 3.8) is 0 Å². The molecule has 0 spiro atoms. The first-order valence-corrected chi connectivity index (χ1v) is 10.8. The Balaban J connectivity index is 1.44. The lowest BCUT2D eigenvalue weighted by Gasteiger charge is -2.19. The Bertz CT molecular complexity index is 1070. The maximum Gasteiger partial charge on any atom is 0.252 e. The fraction of sp³-hybridized carbons (Fsp3) is 0.320. The maximum atomic E-state index is 13.0. The van der Waals surface area contributed by atoms with E-state index in [4.69, 9.17) is 9.26 Å². The van der Waals surface area contributed by atoms with Gasteiger partial charge in [0.25, 0.3) is 5.91 Å². The maximum absolute atomic E-state index is 13.0. The normalized spacial score (nSPS) is 13.9. The van der Waals surface area contributed by atoms with Crippen LogP contribution in [0.2, 0.25) is 0 Å². The Morgan fingerprint density at radius 1 is 1.12 bits per heavy atom. The molecule has 2 aromatic carbocycles. The molecule has 0 bridgehead atoms. The highest BCUT2D eigenvalue weighted by Gasteiger charge is 2.28. The van der Waals surface area contributed by atoms with Gasteiger partial charge >= 0.3 is 0 Å². The summed E-state index contributed by atoms with van der Waals surface area (Å²) in [5, 5.41) is 9.82. The van der Waals surface area contributed by atoms with Gasteiger partial charge < -0.3 is 19.9 Å². The molecule has 1 heterocycles. The highest BCUT2D eigenvalue weighted by atomic mass is 16.5. The minimum Gasteiger partial charge on any atom is -0.489 e. The van der Waals surface area contributed by atoms with E-state index in [9.17, 15) is 9.59 Å². The number of nitrogens with one attached hydrogen (secondary N) is 2. The van der Waals surface area contributed by atoms with E-state index in [0.29, 0.717) is 30.1 Å². The summed E-state index contributed by atoms with van der Waals surface area (Å²) in [6.45, 7) is 3.99. The smallest absolute Gasteiger partial charge is 0.252 e. The number of hydrogen-bond donors (Lipinski definition) is 2. The molecule has 7 nitrogen and oxygen atoms in total. The van der Waals surface area contributed by atoms with Crippen LogP contribution in [0.25, 0.3) is 0 Å². The highest BCUT2D eigenvalue weighted by molar-refractivity contribution is 5.98. The van der Waals surface area contributed by atoms with Crippen LogP contribution < -0.4 is 15.4 Å². The van der Waals surface area contributed by atoms with Crippen LogP contribution >= 0.6 is 0 Å². The second-order valence-electron chi connectivity index (χ2n) is 8.12. The van der Waals surface area contributed by atoms with E-state index in [0.717, 1.165) is 29.7 Å². The predicted octanol–water partition coefficient (Wildman–Crippen LogP) is 3.49. The fourth-order valence-electron chi connectivity index (χ4n) is 3.42. The summed E-state index contributed by atoms with van der Waals surface area (Å²) >= 11 is 0. The molecule has 4 rings (SSSR count). The zero-order valence-electron chi connectivity index (χ0n) is 18.3. The minimum absolute atomic E-state index is 0.157. The number of ether oxygens (including phenoxy) is 1. The summed E-state index contributed by atoms with van der Waals surface area (Å²) in [6, 6.07) is 16.2. The van der Waals surface area contributed by atoms with Crippen molar-refractivity contribution in [2.45, 2.75) is 51.8 Å². The van der Waals surface area contributed by atoms with Crippen LogP contribution in [0, 0.1) is 13.8 Å². The Morgan fingerprint density at radius 2 is 1.91 bits per heavy atom. The molecule has 3 aromatic rings. The van der Waals surface area contributed by atoms with Crippen molar-refractivity contribution in [1.82, 2.24) is 15.8 Å². The van der Waals surface area contributed by atoms with Gasteiger partial charge in [0.1, 0.15) is 24.2 Å². The molecule has 1 aliphatic carbocycles. The fourth-order valence-corrected chi connectivity index (χ4v) is 3.42. The third-order valence-electron chi connectivity index (χ3n) is 5.49. The van der Waals surface area contributed by atoms with E-state index in [2.05, 4.69) is 15.8 Å². The van der Waals surface area contributed by atoms with Gasteiger partial charge in [-0.25, -0.2) is 0 Å². The second-order valence-corrected chi connectivity index (χ2v) is 8.12. The van der Waals surface area contributed by atoms with E-state index in [1.54, 1.807) is 24.3 Å². The lowest BCUT2D eigenvalue weighted by Crippen LogP contribution is -2.48. The summed E-state index contributed by atoms with van der Waals surface area (Å²) in [5.41, 5.74) is 3.08. The molecule has 2 N–H and O–H groups in total. The second kappa shape index (κ2) is 9.68. The molecule has 1 fully saturated rings. The third kappa shape index (κ3) is 5.55. The molecule has 166 valence electrons.